The van der Waals surface area contributed by atoms with Gasteiger partial charge in [0, 0.05) is 23.7 Å². The molecule has 0 unspecified atom stereocenters. The van der Waals surface area contributed by atoms with Crippen molar-refractivity contribution in [2.45, 2.75) is 6.42 Å². The van der Waals surface area contributed by atoms with Crippen LogP contribution in [0.2, 0.25) is 0 Å². The summed E-state index contributed by atoms with van der Waals surface area (Å²) in [6.07, 6.45) is 0.177. The minimum Gasteiger partial charge on any atom is -0.454 e. The average Bonchev–Trinajstić information content (AvgIpc) is 3.41. The van der Waals surface area contributed by atoms with Crippen molar-refractivity contribution in [2.24, 2.45) is 0 Å². The molecule has 3 heterocycles. The second kappa shape index (κ2) is 7.73. The van der Waals surface area contributed by atoms with Crippen LogP contribution < -0.4 is 10.6 Å². The Morgan fingerprint density at radius 3 is 2.81 bits per heavy atom. The summed E-state index contributed by atoms with van der Waals surface area (Å²) in [4.78, 5) is 28.9. The van der Waals surface area contributed by atoms with E-state index in [9.17, 15) is 9.59 Å². The molecule has 0 radical (unpaired) electrons. The van der Waals surface area contributed by atoms with Crippen molar-refractivity contribution in [2.75, 3.05) is 11.9 Å². The van der Waals surface area contributed by atoms with E-state index in [2.05, 4.69) is 15.6 Å². The molecule has 2 N–H and O–H groups in total. The van der Waals surface area contributed by atoms with Crippen molar-refractivity contribution in [1.29, 1.82) is 0 Å². The zero-order valence-electron chi connectivity index (χ0n) is 14.1. The molecule has 0 bridgehead atoms. The van der Waals surface area contributed by atoms with E-state index in [0.717, 1.165) is 11.0 Å². The molecule has 8 heteroatoms. The summed E-state index contributed by atoms with van der Waals surface area (Å²) in [6, 6.07) is 13.2. The molecule has 0 aliphatic rings. The number of nitrogens with zero attached hydrogens (tertiary/aromatic N) is 1. The first kappa shape index (κ1) is 17.4. The standard InChI is InChI=1S/C19H15N3O3S2/c23-17(7-8-20-18(24)16-6-3-9-26-16)22-19-21-13(11-27-19)15-10-12-4-1-2-5-14(12)25-15/h1-6,9-11H,7-8H2,(H,20,24)(H,21,22,23). The summed E-state index contributed by atoms with van der Waals surface area (Å²) in [5.41, 5.74) is 1.48. The first-order valence-corrected chi connectivity index (χ1v) is 10.0. The number of carbonyl (C=O) groups excluding carboxylic acids is 2. The van der Waals surface area contributed by atoms with Gasteiger partial charge in [-0.25, -0.2) is 4.98 Å². The molecule has 0 aliphatic carbocycles. The van der Waals surface area contributed by atoms with Gasteiger partial charge in [0.25, 0.3) is 5.91 Å². The number of furan rings is 1. The maximum Gasteiger partial charge on any atom is 0.261 e. The van der Waals surface area contributed by atoms with Gasteiger partial charge < -0.3 is 15.1 Å². The number of thiophene rings is 1. The molecule has 3 aromatic heterocycles. The highest BCUT2D eigenvalue weighted by Crippen LogP contribution is 2.30. The van der Waals surface area contributed by atoms with E-state index >= 15 is 0 Å². The van der Waals surface area contributed by atoms with Crippen LogP contribution in [0.1, 0.15) is 16.1 Å². The lowest BCUT2D eigenvalue weighted by atomic mass is 10.2. The molecule has 27 heavy (non-hydrogen) atoms. The number of hydrogen-bond acceptors (Lipinski definition) is 6. The van der Waals surface area contributed by atoms with Crippen molar-refractivity contribution in [3.8, 4) is 11.5 Å². The van der Waals surface area contributed by atoms with Crippen LogP contribution in [0.4, 0.5) is 5.13 Å². The molecule has 0 aliphatic heterocycles. The third-order valence-corrected chi connectivity index (χ3v) is 5.44. The summed E-state index contributed by atoms with van der Waals surface area (Å²) >= 11 is 2.70. The topological polar surface area (TPSA) is 84.2 Å². The third-order valence-electron chi connectivity index (χ3n) is 3.81. The molecule has 0 spiro atoms. The second-order valence-electron chi connectivity index (χ2n) is 5.72. The summed E-state index contributed by atoms with van der Waals surface area (Å²) in [7, 11) is 0. The molecule has 4 aromatic rings. The van der Waals surface area contributed by atoms with Crippen LogP contribution >= 0.6 is 22.7 Å². The van der Waals surface area contributed by atoms with E-state index in [1.165, 1.54) is 22.7 Å². The van der Waals surface area contributed by atoms with E-state index in [-0.39, 0.29) is 24.8 Å². The highest BCUT2D eigenvalue weighted by molar-refractivity contribution is 7.14. The number of thiazole rings is 1. The van der Waals surface area contributed by atoms with E-state index in [1.807, 2.05) is 47.2 Å². The quantitative estimate of drug-likeness (QED) is 0.506. The third kappa shape index (κ3) is 4.07. The lowest BCUT2D eigenvalue weighted by Gasteiger charge is -2.03. The number of amides is 2. The van der Waals surface area contributed by atoms with Gasteiger partial charge in [-0.3, -0.25) is 9.59 Å². The molecular formula is C19H15N3O3S2. The Bertz CT molecular complexity index is 1050. The number of carbonyl (C=O) groups is 2. The smallest absolute Gasteiger partial charge is 0.261 e. The monoisotopic (exact) mass is 397 g/mol. The minimum absolute atomic E-state index is 0.167. The Morgan fingerprint density at radius 2 is 2.00 bits per heavy atom. The van der Waals surface area contributed by atoms with Crippen molar-refractivity contribution >= 4 is 50.6 Å². The van der Waals surface area contributed by atoms with Crippen LogP contribution in [-0.2, 0) is 4.79 Å². The van der Waals surface area contributed by atoms with Crippen LogP contribution in [0.15, 0.2) is 57.6 Å². The van der Waals surface area contributed by atoms with Gasteiger partial charge in [0.05, 0.1) is 4.88 Å². The molecule has 2 amide bonds. The lowest BCUT2D eigenvalue weighted by Crippen LogP contribution is -2.27. The number of hydrogen-bond donors (Lipinski definition) is 2. The zero-order chi connectivity index (χ0) is 18.6. The molecule has 1 aromatic carbocycles. The van der Waals surface area contributed by atoms with Gasteiger partial charge in [-0.1, -0.05) is 24.3 Å². The van der Waals surface area contributed by atoms with Crippen LogP contribution in [0, 0.1) is 0 Å². The molecule has 6 nitrogen and oxygen atoms in total. The molecule has 0 saturated heterocycles. The van der Waals surface area contributed by atoms with Gasteiger partial charge in [-0.05, 0) is 23.6 Å². The van der Waals surface area contributed by atoms with Gasteiger partial charge >= 0.3 is 0 Å². The largest absolute Gasteiger partial charge is 0.454 e. The minimum atomic E-state index is -0.202. The second-order valence-corrected chi connectivity index (χ2v) is 7.52. The van der Waals surface area contributed by atoms with Gasteiger partial charge in [-0.15, -0.1) is 22.7 Å². The summed E-state index contributed by atoms with van der Waals surface area (Å²) in [5, 5.41) is 10.7. The number of para-hydroxylation sites is 1. The SMILES string of the molecule is O=C(CCNC(=O)c1cccs1)Nc1nc(-c2cc3ccccc3o2)cs1. The summed E-state index contributed by atoms with van der Waals surface area (Å²) in [6.45, 7) is 0.268. The maximum absolute atomic E-state index is 12.1. The number of nitrogens with one attached hydrogen (secondary N) is 2. The fraction of sp³-hybridized carbons (Fsp3) is 0.105. The molecule has 136 valence electrons. The van der Waals surface area contributed by atoms with Gasteiger partial charge in [0.15, 0.2) is 10.9 Å². The van der Waals surface area contributed by atoms with Crippen molar-refractivity contribution in [1.82, 2.24) is 10.3 Å². The molecule has 0 atom stereocenters. The first-order valence-electron chi connectivity index (χ1n) is 8.25. The molecule has 0 saturated carbocycles. The van der Waals surface area contributed by atoms with Crippen LogP contribution in [0.3, 0.4) is 0 Å². The van der Waals surface area contributed by atoms with E-state index in [0.29, 0.717) is 21.5 Å². The number of rotatable bonds is 6. The van der Waals surface area contributed by atoms with Crippen molar-refractivity contribution < 1.29 is 14.0 Å². The maximum atomic E-state index is 12.1. The summed E-state index contributed by atoms with van der Waals surface area (Å²) < 4.78 is 5.78. The lowest BCUT2D eigenvalue weighted by molar-refractivity contribution is -0.116. The Labute approximate surface area is 162 Å². The fourth-order valence-corrected chi connectivity index (χ4v) is 3.87. The molecular weight excluding hydrogens is 382 g/mol. The number of benzene rings is 1. The average molecular weight is 397 g/mol. The number of anilines is 1. The van der Waals surface area contributed by atoms with Gasteiger partial charge in [-0.2, -0.15) is 0 Å². The van der Waals surface area contributed by atoms with Crippen molar-refractivity contribution in [3.05, 3.63) is 58.1 Å². The zero-order valence-corrected chi connectivity index (χ0v) is 15.7. The fourth-order valence-electron chi connectivity index (χ4n) is 2.52. The van der Waals surface area contributed by atoms with Crippen LogP contribution in [0.5, 0.6) is 0 Å². The van der Waals surface area contributed by atoms with Crippen LogP contribution in [-0.4, -0.2) is 23.3 Å². The highest BCUT2D eigenvalue weighted by Gasteiger charge is 2.12. The number of fused-ring (bicyclic) bond motifs is 1. The first-order chi connectivity index (χ1) is 13.2. The van der Waals surface area contributed by atoms with E-state index in [1.54, 1.807) is 6.07 Å². The Morgan fingerprint density at radius 1 is 1.11 bits per heavy atom. The van der Waals surface area contributed by atoms with E-state index in [4.69, 9.17) is 4.42 Å². The Kier molecular flexibility index (Phi) is 4.99. The molecule has 4 rings (SSSR count). The van der Waals surface area contributed by atoms with Crippen LogP contribution in [0.25, 0.3) is 22.4 Å². The summed E-state index contributed by atoms with van der Waals surface area (Å²) in [5.74, 6) is 0.294. The highest BCUT2D eigenvalue weighted by atomic mass is 32.1. The van der Waals surface area contributed by atoms with E-state index < -0.39 is 0 Å². The predicted molar refractivity (Wildman–Crippen MR) is 107 cm³/mol. The molecule has 0 fully saturated rings. The van der Waals surface area contributed by atoms with Gasteiger partial charge in [0.2, 0.25) is 5.91 Å². The van der Waals surface area contributed by atoms with Crippen molar-refractivity contribution in [3.63, 3.8) is 0 Å². The predicted octanol–water partition coefficient (Wildman–Crippen LogP) is 4.38. The Balaban J connectivity index is 1.32. The number of aromatic nitrogens is 1. The van der Waals surface area contributed by atoms with Gasteiger partial charge in [0.1, 0.15) is 11.3 Å². The normalized spacial score (nSPS) is 10.8. The Hall–Kier alpha value is -2.97.